The van der Waals surface area contributed by atoms with Gasteiger partial charge < -0.3 is 14.2 Å². The van der Waals surface area contributed by atoms with Crippen molar-refractivity contribution in [1.29, 1.82) is 0 Å². The van der Waals surface area contributed by atoms with Crippen molar-refractivity contribution in [2.75, 3.05) is 0 Å². The predicted octanol–water partition coefficient (Wildman–Crippen LogP) is 4.79. The second-order valence-electron chi connectivity index (χ2n) is 4.91. The Hall–Kier alpha value is -1.97. The van der Waals surface area contributed by atoms with Gasteiger partial charge in [-0.2, -0.15) is 0 Å². The summed E-state index contributed by atoms with van der Waals surface area (Å²) in [5.74, 6) is 2.62. The molecule has 0 saturated carbocycles. The summed E-state index contributed by atoms with van der Waals surface area (Å²) >= 11 is 6.15. The van der Waals surface area contributed by atoms with E-state index in [-0.39, 0.29) is 0 Å². The van der Waals surface area contributed by atoms with Crippen LogP contribution in [0.1, 0.15) is 17.1 Å². The van der Waals surface area contributed by atoms with Gasteiger partial charge in [0.2, 0.25) is 0 Å². The van der Waals surface area contributed by atoms with Crippen molar-refractivity contribution in [3.8, 4) is 11.3 Å². The molecule has 3 aromatic rings. The van der Waals surface area contributed by atoms with Crippen LogP contribution in [0.25, 0.3) is 11.3 Å². The Labute approximate surface area is 128 Å². The first-order valence-electron chi connectivity index (χ1n) is 6.81. The summed E-state index contributed by atoms with van der Waals surface area (Å²) in [4.78, 5) is 0. The summed E-state index contributed by atoms with van der Waals surface area (Å²) in [6.45, 7) is 3.32. The van der Waals surface area contributed by atoms with Crippen molar-refractivity contribution in [3.05, 3.63) is 70.8 Å². The molecule has 2 heterocycles. The molecule has 0 spiro atoms. The zero-order chi connectivity index (χ0) is 14.7. The Morgan fingerprint density at radius 3 is 2.67 bits per heavy atom. The quantitative estimate of drug-likeness (QED) is 0.736. The van der Waals surface area contributed by atoms with Crippen molar-refractivity contribution in [2.45, 2.75) is 20.0 Å². The van der Waals surface area contributed by atoms with Crippen LogP contribution < -0.4 is 5.32 Å². The lowest BCUT2D eigenvalue weighted by Crippen LogP contribution is -2.11. The number of aryl methyl sites for hydroxylation is 1. The van der Waals surface area contributed by atoms with E-state index in [1.54, 1.807) is 6.26 Å². The number of rotatable bonds is 5. The molecule has 108 valence electrons. The Balaban J connectivity index is 1.64. The van der Waals surface area contributed by atoms with Crippen LogP contribution in [0.2, 0.25) is 5.02 Å². The summed E-state index contributed by atoms with van der Waals surface area (Å²) in [6, 6.07) is 13.7. The van der Waals surface area contributed by atoms with Crippen LogP contribution in [0.5, 0.6) is 0 Å². The summed E-state index contributed by atoms with van der Waals surface area (Å²) in [7, 11) is 0. The van der Waals surface area contributed by atoms with Crippen LogP contribution in [0.15, 0.2) is 57.6 Å². The van der Waals surface area contributed by atoms with Gasteiger partial charge in [-0.25, -0.2) is 0 Å². The highest BCUT2D eigenvalue weighted by atomic mass is 35.5. The lowest BCUT2D eigenvalue weighted by atomic mass is 10.1. The third-order valence-corrected chi connectivity index (χ3v) is 3.70. The Kier molecular flexibility index (Phi) is 4.13. The van der Waals surface area contributed by atoms with Gasteiger partial charge in [0.25, 0.3) is 0 Å². The van der Waals surface area contributed by atoms with Crippen molar-refractivity contribution >= 4 is 11.6 Å². The summed E-state index contributed by atoms with van der Waals surface area (Å²) < 4.78 is 11.1. The van der Waals surface area contributed by atoms with Gasteiger partial charge in [0.05, 0.1) is 19.4 Å². The van der Waals surface area contributed by atoms with E-state index in [1.807, 2.05) is 49.4 Å². The average molecular weight is 302 g/mol. The van der Waals surface area contributed by atoms with Gasteiger partial charge in [-0.05, 0) is 42.8 Å². The van der Waals surface area contributed by atoms with E-state index in [4.69, 9.17) is 20.4 Å². The third kappa shape index (κ3) is 3.38. The van der Waals surface area contributed by atoms with Crippen LogP contribution >= 0.6 is 11.6 Å². The van der Waals surface area contributed by atoms with Gasteiger partial charge >= 0.3 is 0 Å². The van der Waals surface area contributed by atoms with Crippen molar-refractivity contribution in [3.63, 3.8) is 0 Å². The van der Waals surface area contributed by atoms with Gasteiger partial charge in [0.1, 0.15) is 17.3 Å². The number of hydrogen-bond donors (Lipinski definition) is 1. The van der Waals surface area contributed by atoms with E-state index >= 15 is 0 Å². The number of hydrogen-bond acceptors (Lipinski definition) is 3. The largest absolute Gasteiger partial charge is 0.468 e. The van der Waals surface area contributed by atoms with Crippen LogP contribution in [-0.2, 0) is 13.1 Å². The topological polar surface area (TPSA) is 38.3 Å². The normalized spacial score (nSPS) is 11.0. The highest BCUT2D eigenvalue weighted by Gasteiger charge is 2.06. The van der Waals surface area contributed by atoms with Gasteiger partial charge in [-0.15, -0.1) is 0 Å². The molecule has 0 saturated heterocycles. The smallest absolute Gasteiger partial charge is 0.134 e. The third-order valence-electron chi connectivity index (χ3n) is 3.30. The number of benzene rings is 1. The molecule has 0 atom stereocenters. The monoisotopic (exact) mass is 301 g/mol. The summed E-state index contributed by atoms with van der Waals surface area (Å²) in [5, 5.41) is 4.03. The molecule has 0 aliphatic rings. The van der Waals surface area contributed by atoms with Crippen molar-refractivity contribution in [1.82, 2.24) is 5.32 Å². The second kappa shape index (κ2) is 6.20. The molecule has 0 bridgehead atoms. The fraction of sp³-hybridized carbons (Fsp3) is 0.176. The molecule has 0 aliphatic heterocycles. The van der Waals surface area contributed by atoms with E-state index in [1.165, 1.54) is 0 Å². The summed E-state index contributed by atoms with van der Waals surface area (Å²) in [6.07, 6.45) is 1.67. The van der Waals surface area contributed by atoms with E-state index in [9.17, 15) is 0 Å². The van der Waals surface area contributed by atoms with Gasteiger partial charge in [0, 0.05) is 10.6 Å². The lowest BCUT2D eigenvalue weighted by Gasteiger charge is -2.02. The first kappa shape index (κ1) is 14.0. The average Bonchev–Trinajstić information content (AvgIpc) is 3.13. The molecule has 0 unspecified atom stereocenters. The van der Waals surface area contributed by atoms with E-state index in [0.29, 0.717) is 13.1 Å². The molecule has 4 heteroatoms. The Morgan fingerprint density at radius 2 is 1.90 bits per heavy atom. The molecular weight excluding hydrogens is 286 g/mol. The first-order chi connectivity index (χ1) is 10.2. The number of furan rings is 2. The molecule has 2 aromatic heterocycles. The molecule has 1 N–H and O–H groups in total. The fourth-order valence-corrected chi connectivity index (χ4v) is 2.28. The minimum atomic E-state index is 0.653. The van der Waals surface area contributed by atoms with E-state index in [0.717, 1.165) is 33.4 Å². The summed E-state index contributed by atoms with van der Waals surface area (Å²) in [5.41, 5.74) is 2.05. The zero-order valence-electron chi connectivity index (χ0n) is 11.7. The van der Waals surface area contributed by atoms with Crippen molar-refractivity contribution < 1.29 is 8.83 Å². The van der Waals surface area contributed by atoms with Crippen LogP contribution in [-0.4, -0.2) is 0 Å². The minimum absolute atomic E-state index is 0.653. The van der Waals surface area contributed by atoms with Crippen molar-refractivity contribution in [2.24, 2.45) is 0 Å². The highest BCUT2D eigenvalue weighted by Crippen LogP contribution is 2.26. The molecule has 3 rings (SSSR count). The Morgan fingerprint density at radius 1 is 1.05 bits per heavy atom. The molecule has 0 aliphatic carbocycles. The molecule has 0 amide bonds. The van der Waals surface area contributed by atoms with Crippen LogP contribution in [0, 0.1) is 6.92 Å². The minimum Gasteiger partial charge on any atom is -0.468 e. The standard InChI is InChI=1S/C17H16ClNO2/c1-12-4-5-13(9-16(12)18)17-7-6-15(21-17)11-19-10-14-3-2-8-20-14/h2-9,19H,10-11H2,1H3. The first-order valence-corrected chi connectivity index (χ1v) is 7.18. The zero-order valence-corrected chi connectivity index (χ0v) is 12.5. The number of nitrogens with one attached hydrogen (secondary N) is 1. The van der Waals surface area contributed by atoms with Crippen LogP contribution in [0.4, 0.5) is 0 Å². The second-order valence-corrected chi connectivity index (χ2v) is 5.32. The molecule has 0 radical (unpaired) electrons. The molecule has 0 fully saturated rings. The van der Waals surface area contributed by atoms with Gasteiger partial charge in [-0.1, -0.05) is 23.7 Å². The van der Waals surface area contributed by atoms with Gasteiger partial charge in [0.15, 0.2) is 0 Å². The van der Waals surface area contributed by atoms with E-state index < -0.39 is 0 Å². The molecule has 21 heavy (non-hydrogen) atoms. The molecule has 1 aromatic carbocycles. The molecule has 3 nitrogen and oxygen atoms in total. The maximum Gasteiger partial charge on any atom is 0.134 e. The maximum atomic E-state index is 6.15. The maximum absolute atomic E-state index is 6.15. The lowest BCUT2D eigenvalue weighted by molar-refractivity contribution is 0.455. The predicted molar refractivity (Wildman–Crippen MR) is 83.1 cm³/mol. The fourth-order valence-electron chi connectivity index (χ4n) is 2.10. The molecular formula is C17H16ClNO2. The van der Waals surface area contributed by atoms with Gasteiger partial charge in [-0.3, -0.25) is 0 Å². The SMILES string of the molecule is Cc1ccc(-c2ccc(CNCc3ccco3)o2)cc1Cl. The Bertz CT molecular complexity index is 716. The highest BCUT2D eigenvalue weighted by molar-refractivity contribution is 6.31. The van der Waals surface area contributed by atoms with Crippen LogP contribution in [0.3, 0.4) is 0 Å². The van der Waals surface area contributed by atoms with E-state index in [2.05, 4.69) is 5.32 Å². The number of halogens is 1.